The number of benzodiazepines with no additional fused rings is 1. The third-order valence-electron chi connectivity index (χ3n) is 3.80. The van der Waals surface area contributed by atoms with Crippen LogP contribution in [0.15, 0.2) is 53.5 Å². The molecule has 1 amide bonds. The van der Waals surface area contributed by atoms with Crippen LogP contribution in [0, 0.1) is 0 Å². The van der Waals surface area contributed by atoms with Gasteiger partial charge in [-0.1, -0.05) is 41.9 Å². The summed E-state index contributed by atoms with van der Waals surface area (Å²) in [6.07, 6.45) is -0.931. The first-order valence-electron chi connectivity index (χ1n) is 7.64. The number of hydrogen-bond acceptors (Lipinski definition) is 4. The molecule has 1 unspecified atom stereocenters. The zero-order chi connectivity index (χ0) is 17.1. The first-order chi connectivity index (χ1) is 11.6. The van der Waals surface area contributed by atoms with Gasteiger partial charge in [0.15, 0.2) is 0 Å². The van der Waals surface area contributed by atoms with E-state index in [1.54, 1.807) is 18.0 Å². The number of likely N-dealkylation sites (N-methyl/N-ethyl adjacent to an activating group) is 1. The van der Waals surface area contributed by atoms with Gasteiger partial charge in [0.2, 0.25) is 6.23 Å². The molecule has 1 aliphatic heterocycles. The van der Waals surface area contributed by atoms with Crippen molar-refractivity contribution in [3.8, 4) is 0 Å². The Bertz CT molecular complexity index is 781. The molecule has 25 heavy (non-hydrogen) atoms. The molecule has 0 bridgehead atoms. The van der Waals surface area contributed by atoms with Crippen LogP contribution in [0.3, 0.4) is 0 Å². The summed E-state index contributed by atoms with van der Waals surface area (Å²) >= 11 is 6.18. The highest BCUT2D eigenvalue weighted by Gasteiger charge is 2.30. The van der Waals surface area contributed by atoms with Crippen molar-refractivity contribution in [3.05, 3.63) is 64.7 Å². The van der Waals surface area contributed by atoms with E-state index in [4.69, 9.17) is 22.1 Å². The van der Waals surface area contributed by atoms with Crippen LogP contribution in [0.1, 0.15) is 11.1 Å². The van der Waals surface area contributed by atoms with Crippen LogP contribution in [0.4, 0.5) is 5.69 Å². The van der Waals surface area contributed by atoms with Crippen LogP contribution < -0.4 is 10.6 Å². The van der Waals surface area contributed by atoms with Crippen molar-refractivity contribution in [1.29, 1.82) is 0 Å². The number of aliphatic imine (C=N–C) groups is 1. The maximum atomic E-state index is 12.7. The molecule has 0 radical (unpaired) electrons. The first-order valence-corrected chi connectivity index (χ1v) is 8.02. The molecule has 2 N–H and O–H groups in total. The Kier molecular flexibility index (Phi) is 6.56. The normalized spacial score (nSPS) is 16.6. The van der Waals surface area contributed by atoms with Crippen LogP contribution in [-0.2, 0) is 9.53 Å². The SMILES string of the molecule is CN1C(=O)C(OCCN)N=C(c2ccccc2)c2cc(Cl)ccc21.Cl. The maximum Gasteiger partial charge on any atom is 0.278 e. The standard InChI is InChI=1S/C18H18ClN3O2.ClH/c1-22-15-8-7-13(19)11-14(15)16(12-5-3-2-4-6-12)21-17(18(22)23)24-10-9-20;/h2-8,11,17H,9-10,20H2,1H3;1H. The summed E-state index contributed by atoms with van der Waals surface area (Å²) in [4.78, 5) is 18.8. The highest BCUT2D eigenvalue weighted by molar-refractivity contribution is 6.32. The monoisotopic (exact) mass is 379 g/mol. The van der Waals surface area contributed by atoms with Crippen LogP contribution in [-0.4, -0.2) is 38.0 Å². The fraction of sp³-hybridized carbons (Fsp3) is 0.222. The summed E-state index contributed by atoms with van der Waals surface area (Å²) in [6.45, 7) is 0.579. The number of ether oxygens (including phenoxy) is 1. The molecule has 2 aromatic carbocycles. The van der Waals surface area contributed by atoms with E-state index < -0.39 is 6.23 Å². The van der Waals surface area contributed by atoms with Gasteiger partial charge in [-0.25, -0.2) is 4.99 Å². The molecule has 0 aromatic heterocycles. The third-order valence-corrected chi connectivity index (χ3v) is 4.04. The summed E-state index contributed by atoms with van der Waals surface area (Å²) in [5, 5.41) is 0.583. The Morgan fingerprint density at radius 3 is 2.64 bits per heavy atom. The number of benzene rings is 2. The second-order valence-corrected chi connectivity index (χ2v) is 5.85. The first kappa shape index (κ1) is 19.4. The summed E-state index contributed by atoms with van der Waals surface area (Å²) in [7, 11) is 1.71. The predicted octanol–water partition coefficient (Wildman–Crippen LogP) is 2.88. The van der Waals surface area contributed by atoms with Gasteiger partial charge in [0.05, 0.1) is 18.0 Å². The van der Waals surface area contributed by atoms with Crippen LogP contribution in [0.5, 0.6) is 0 Å². The second kappa shape index (κ2) is 8.45. The molecule has 2 aromatic rings. The highest BCUT2D eigenvalue weighted by atomic mass is 35.5. The van der Waals surface area contributed by atoms with E-state index in [2.05, 4.69) is 4.99 Å². The Hall–Kier alpha value is -1.92. The minimum atomic E-state index is -0.931. The molecule has 1 atom stereocenters. The lowest BCUT2D eigenvalue weighted by molar-refractivity contribution is -0.128. The molecule has 0 fully saturated rings. The number of hydrogen-bond donors (Lipinski definition) is 1. The zero-order valence-corrected chi connectivity index (χ0v) is 15.3. The second-order valence-electron chi connectivity index (χ2n) is 5.41. The Balaban J connectivity index is 0.00000225. The molecule has 132 valence electrons. The average Bonchev–Trinajstić information content (AvgIpc) is 2.70. The van der Waals surface area contributed by atoms with Crippen LogP contribution in [0.2, 0.25) is 5.02 Å². The number of nitrogens with zero attached hydrogens (tertiary/aromatic N) is 2. The van der Waals surface area contributed by atoms with E-state index in [1.807, 2.05) is 42.5 Å². The molecule has 0 saturated heterocycles. The average molecular weight is 380 g/mol. The lowest BCUT2D eigenvalue weighted by atomic mass is 10.0. The number of halogens is 2. The fourth-order valence-corrected chi connectivity index (χ4v) is 2.80. The Labute approximate surface area is 157 Å². The van der Waals surface area contributed by atoms with Gasteiger partial charge in [-0.3, -0.25) is 4.79 Å². The van der Waals surface area contributed by atoms with E-state index in [1.165, 1.54) is 0 Å². The van der Waals surface area contributed by atoms with Gasteiger partial charge in [0.25, 0.3) is 5.91 Å². The highest BCUT2D eigenvalue weighted by Crippen LogP contribution is 2.30. The van der Waals surface area contributed by atoms with E-state index in [-0.39, 0.29) is 24.9 Å². The molecule has 5 nitrogen and oxygen atoms in total. The van der Waals surface area contributed by atoms with E-state index in [0.717, 1.165) is 16.8 Å². The number of rotatable bonds is 4. The Morgan fingerprint density at radius 1 is 1.24 bits per heavy atom. The molecule has 1 heterocycles. The van der Waals surface area contributed by atoms with Crippen molar-refractivity contribution >= 4 is 41.3 Å². The fourth-order valence-electron chi connectivity index (χ4n) is 2.63. The van der Waals surface area contributed by atoms with Crippen molar-refractivity contribution in [2.45, 2.75) is 6.23 Å². The number of carbonyl (C=O) groups is 1. The third kappa shape index (κ3) is 4.02. The van der Waals surface area contributed by atoms with Gasteiger partial charge in [-0.2, -0.15) is 0 Å². The van der Waals surface area contributed by atoms with Gasteiger partial charge in [0.1, 0.15) is 0 Å². The smallest absolute Gasteiger partial charge is 0.278 e. The molecule has 1 aliphatic rings. The van der Waals surface area contributed by atoms with Crippen molar-refractivity contribution in [1.82, 2.24) is 0 Å². The van der Waals surface area contributed by atoms with Gasteiger partial charge < -0.3 is 15.4 Å². The van der Waals surface area contributed by atoms with Crippen LogP contribution >= 0.6 is 24.0 Å². The number of fused-ring (bicyclic) bond motifs is 1. The van der Waals surface area contributed by atoms with E-state index in [9.17, 15) is 4.79 Å². The molecule has 0 spiro atoms. The zero-order valence-electron chi connectivity index (χ0n) is 13.7. The number of nitrogens with two attached hydrogens (primary N) is 1. The van der Waals surface area contributed by atoms with Gasteiger partial charge in [-0.15, -0.1) is 12.4 Å². The van der Waals surface area contributed by atoms with Crippen molar-refractivity contribution in [2.75, 3.05) is 25.1 Å². The molecule has 7 heteroatoms. The lowest BCUT2D eigenvalue weighted by Crippen LogP contribution is -2.37. The van der Waals surface area contributed by atoms with Gasteiger partial charge in [-0.05, 0) is 18.2 Å². The molecule has 0 aliphatic carbocycles. The lowest BCUT2D eigenvalue weighted by Gasteiger charge is -2.20. The maximum absolute atomic E-state index is 12.7. The summed E-state index contributed by atoms with van der Waals surface area (Å²) < 4.78 is 5.57. The largest absolute Gasteiger partial charge is 0.347 e. The summed E-state index contributed by atoms with van der Waals surface area (Å²) in [5.41, 5.74) is 8.60. The quantitative estimate of drug-likeness (QED) is 0.887. The summed E-state index contributed by atoms with van der Waals surface area (Å²) in [5.74, 6) is -0.238. The van der Waals surface area contributed by atoms with E-state index >= 15 is 0 Å². The van der Waals surface area contributed by atoms with Gasteiger partial charge >= 0.3 is 0 Å². The molecular formula is C18H19Cl2N3O2. The van der Waals surface area contributed by atoms with E-state index in [0.29, 0.717) is 17.3 Å². The van der Waals surface area contributed by atoms with Crippen molar-refractivity contribution < 1.29 is 9.53 Å². The van der Waals surface area contributed by atoms with Crippen LogP contribution in [0.25, 0.3) is 0 Å². The van der Waals surface area contributed by atoms with Crippen molar-refractivity contribution in [3.63, 3.8) is 0 Å². The minimum Gasteiger partial charge on any atom is -0.347 e. The Morgan fingerprint density at radius 2 is 1.96 bits per heavy atom. The van der Waals surface area contributed by atoms with Gasteiger partial charge in [0, 0.05) is 29.7 Å². The number of carbonyl (C=O) groups excluding carboxylic acids is 1. The molecular weight excluding hydrogens is 361 g/mol. The van der Waals surface area contributed by atoms with Crippen molar-refractivity contribution in [2.24, 2.45) is 10.7 Å². The molecule has 3 rings (SSSR count). The topological polar surface area (TPSA) is 67.9 Å². The summed E-state index contributed by atoms with van der Waals surface area (Å²) in [6, 6.07) is 15.1. The minimum absolute atomic E-state index is 0. The number of anilines is 1. The number of amides is 1. The molecule has 0 saturated carbocycles. The predicted molar refractivity (Wildman–Crippen MR) is 103 cm³/mol.